The van der Waals surface area contributed by atoms with E-state index in [2.05, 4.69) is 5.32 Å². The van der Waals surface area contributed by atoms with Crippen molar-refractivity contribution in [2.24, 2.45) is 0 Å². The highest BCUT2D eigenvalue weighted by Gasteiger charge is 2.28. The predicted octanol–water partition coefficient (Wildman–Crippen LogP) is 4.62. The molecule has 0 radical (unpaired) electrons. The molecule has 0 fully saturated rings. The van der Waals surface area contributed by atoms with Gasteiger partial charge >= 0.3 is 0 Å². The van der Waals surface area contributed by atoms with Gasteiger partial charge < -0.3 is 10.2 Å². The van der Waals surface area contributed by atoms with E-state index in [0.29, 0.717) is 34.3 Å². The Hall–Kier alpha value is -2.36. The summed E-state index contributed by atoms with van der Waals surface area (Å²) in [4.78, 5) is 27.5. The average Bonchev–Trinajstić information content (AvgIpc) is 2.79. The smallest absolute Gasteiger partial charge is 0.242 e. The van der Waals surface area contributed by atoms with Gasteiger partial charge in [0.1, 0.15) is 11.9 Å². The molecule has 0 aliphatic carbocycles. The van der Waals surface area contributed by atoms with E-state index in [0.717, 1.165) is 10.6 Å². The van der Waals surface area contributed by atoms with Crippen LogP contribution in [0.1, 0.15) is 38.7 Å². The number of nitrogens with one attached hydrogen (secondary N) is 1. The number of benzene rings is 2. The van der Waals surface area contributed by atoms with Crippen LogP contribution in [0.15, 0.2) is 42.5 Å². The van der Waals surface area contributed by atoms with Crippen LogP contribution in [0.5, 0.6) is 0 Å². The molecule has 7 nitrogen and oxygen atoms in total. The minimum atomic E-state index is -3.65. The van der Waals surface area contributed by atoms with Gasteiger partial charge in [0.15, 0.2) is 0 Å². The minimum Gasteiger partial charge on any atom is -0.355 e. The van der Waals surface area contributed by atoms with E-state index in [4.69, 9.17) is 23.2 Å². The fourth-order valence-corrected chi connectivity index (χ4v) is 4.94. The highest BCUT2D eigenvalue weighted by Crippen LogP contribution is 2.25. The van der Waals surface area contributed by atoms with Crippen molar-refractivity contribution in [3.05, 3.63) is 63.9 Å². The van der Waals surface area contributed by atoms with Gasteiger partial charge in [-0.25, -0.2) is 12.8 Å². The molecule has 1 N–H and O–H groups in total. The van der Waals surface area contributed by atoms with Crippen LogP contribution in [0.3, 0.4) is 0 Å². The Labute approximate surface area is 216 Å². The molecule has 0 aromatic heterocycles. The Morgan fingerprint density at radius 2 is 1.71 bits per heavy atom. The van der Waals surface area contributed by atoms with Crippen LogP contribution in [-0.4, -0.2) is 50.5 Å². The number of hydrogen-bond acceptors (Lipinski definition) is 4. The standard InChI is InChI=1S/C24H30Cl2FN3O4S/c1-4-22(24(32)28-5-2)29(16-17-8-13-20(25)21(26)15-17)23(31)7-6-14-30(35(3,33)34)19-11-9-18(27)10-12-19/h8-13,15,22H,4-7,14,16H2,1-3H3,(H,28,32)/t22-/m0/s1. The second kappa shape index (κ2) is 13.1. The summed E-state index contributed by atoms with van der Waals surface area (Å²) >= 11 is 12.1. The van der Waals surface area contributed by atoms with E-state index in [1.807, 2.05) is 6.92 Å². The monoisotopic (exact) mass is 545 g/mol. The number of carbonyl (C=O) groups is 2. The van der Waals surface area contributed by atoms with Gasteiger partial charge in [-0.2, -0.15) is 0 Å². The number of halogens is 3. The van der Waals surface area contributed by atoms with Gasteiger partial charge in [-0.15, -0.1) is 0 Å². The largest absolute Gasteiger partial charge is 0.355 e. The number of anilines is 1. The maximum atomic E-state index is 13.3. The lowest BCUT2D eigenvalue weighted by molar-refractivity contribution is -0.141. The molecule has 1 atom stereocenters. The Kier molecular flexibility index (Phi) is 10.8. The van der Waals surface area contributed by atoms with Crippen LogP contribution < -0.4 is 9.62 Å². The van der Waals surface area contributed by atoms with Crippen molar-refractivity contribution in [2.45, 2.75) is 45.7 Å². The third-order valence-corrected chi connectivity index (χ3v) is 7.27. The lowest BCUT2D eigenvalue weighted by Gasteiger charge is -2.31. The van der Waals surface area contributed by atoms with Crippen LogP contribution >= 0.6 is 23.2 Å². The van der Waals surface area contributed by atoms with Crippen molar-refractivity contribution in [3.63, 3.8) is 0 Å². The third-order valence-electron chi connectivity index (χ3n) is 5.34. The fraction of sp³-hybridized carbons (Fsp3) is 0.417. The van der Waals surface area contributed by atoms with Crippen molar-refractivity contribution in [1.82, 2.24) is 10.2 Å². The average molecular weight is 546 g/mol. The second-order valence-electron chi connectivity index (χ2n) is 8.00. The molecule has 0 bridgehead atoms. The first-order chi connectivity index (χ1) is 16.5. The third kappa shape index (κ3) is 8.37. The number of rotatable bonds is 12. The van der Waals surface area contributed by atoms with E-state index in [9.17, 15) is 22.4 Å². The maximum Gasteiger partial charge on any atom is 0.242 e. The number of likely N-dealkylation sites (N-methyl/N-ethyl adjacent to an activating group) is 1. The van der Waals surface area contributed by atoms with Gasteiger partial charge in [-0.3, -0.25) is 13.9 Å². The lowest BCUT2D eigenvalue weighted by atomic mass is 10.1. The topological polar surface area (TPSA) is 86.8 Å². The van der Waals surface area contributed by atoms with Crippen molar-refractivity contribution in [3.8, 4) is 0 Å². The van der Waals surface area contributed by atoms with Gasteiger partial charge in [0.25, 0.3) is 0 Å². The van der Waals surface area contributed by atoms with Crippen LogP contribution in [0, 0.1) is 5.82 Å². The van der Waals surface area contributed by atoms with Crippen LogP contribution in [-0.2, 0) is 26.2 Å². The molecular formula is C24H30Cl2FN3O4S. The van der Waals surface area contributed by atoms with Crippen molar-refractivity contribution in [1.29, 1.82) is 0 Å². The van der Waals surface area contributed by atoms with Gasteiger partial charge in [-0.1, -0.05) is 36.2 Å². The molecule has 0 heterocycles. The summed E-state index contributed by atoms with van der Waals surface area (Å²) in [6.07, 6.45) is 1.65. The molecule has 0 spiro atoms. The van der Waals surface area contributed by atoms with Crippen LogP contribution in [0.2, 0.25) is 10.0 Å². The zero-order valence-corrected chi connectivity index (χ0v) is 22.3. The SMILES string of the molecule is CCNC(=O)[C@H](CC)N(Cc1ccc(Cl)c(Cl)c1)C(=O)CCCN(c1ccc(F)cc1)S(C)(=O)=O. The predicted molar refractivity (Wildman–Crippen MR) is 138 cm³/mol. The quantitative estimate of drug-likeness (QED) is 0.421. The normalized spacial score (nSPS) is 12.2. The van der Waals surface area contributed by atoms with Crippen molar-refractivity contribution < 1.29 is 22.4 Å². The van der Waals surface area contributed by atoms with E-state index in [1.54, 1.807) is 25.1 Å². The lowest BCUT2D eigenvalue weighted by Crippen LogP contribution is -2.49. The first kappa shape index (κ1) is 28.9. The molecule has 0 unspecified atom stereocenters. The molecule has 35 heavy (non-hydrogen) atoms. The molecule has 11 heteroatoms. The minimum absolute atomic E-state index is 0.00441. The van der Waals surface area contributed by atoms with Crippen molar-refractivity contribution in [2.75, 3.05) is 23.7 Å². The Morgan fingerprint density at radius 3 is 2.26 bits per heavy atom. The van der Waals surface area contributed by atoms with Crippen LogP contribution in [0.25, 0.3) is 0 Å². The summed E-state index contributed by atoms with van der Waals surface area (Å²) in [6, 6.07) is 9.40. The Balaban J connectivity index is 2.21. The summed E-state index contributed by atoms with van der Waals surface area (Å²) in [7, 11) is -3.65. The molecule has 0 saturated carbocycles. The van der Waals surface area contributed by atoms with Gasteiger partial charge in [-0.05, 0) is 61.7 Å². The molecule has 2 aromatic rings. The summed E-state index contributed by atoms with van der Waals surface area (Å²) in [5.74, 6) is -1.06. The number of sulfonamides is 1. The van der Waals surface area contributed by atoms with Gasteiger partial charge in [0.2, 0.25) is 21.8 Å². The molecule has 2 rings (SSSR count). The van der Waals surface area contributed by atoms with Gasteiger partial charge in [0, 0.05) is 26.1 Å². The van der Waals surface area contributed by atoms with E-state index in [-0.39, 0.29) is 37.7 Å². The molecule has 0 saturated heterocycles. The zero-order chi connectivity index (χ0) is 26.2. The summed E-state index contributed by atoms with van der Waals surface area (Å²) < 4.78 is 39.0. The first-order valence-corrected chi connectivity index (χ1v) is 13.8. The molecule has 0 aliphatic rings. The number of hydrogen-bond donors (Lipinski definition) is 1. The second-order valence-corrected chi connectivity index (χ2v) is 10.7. The molecule has 2 aromatic carbocycles. The Morgan fingerprint density at radius 1 is 1.06 bits per heavy atom. The molecule has 192 valence electrons. The molecule has 2 amide bonds. The van der Waals surface area contributed by atoms with E-state index >= 15 is 0 Å². The first-order valence-electron chi connectivity index (χ1n) is 11.2. The van der Waals surface area contributed by atoms with Gasteiger partial charge in [0.05, 0.1) is 22.0 Å². The van der Waals surface area contributed by atoms with Crippen LogP contribution in [0.4, 0.5) is 10.1 Å². The fourth-order valence-electron chi connectivity index (χ4n) is 3.66. The zero-order valence-electron chi connectivity index (χ0n) is 19.9. The summed E-state index contributed by atoms with van der Waals surface area (Å²) in [5.41, 5.74) is 1.02. The Bertz CT molecular complexity index is 1130. The maximum absolute atomic E-state index is 13.3. The number of amides is 2. The molecule has 0 aliphatic heterocycles. The highest BCUT2D eigenvalue weighted by atomic mass is 35.5. The van der Waals surface area contributed by atoms with E-state index in [1.165, 1.54) is 29.2 Å². The van der Waals surface area contributed by atoms with Crippen molar-refractivity contribution >= 4 is 50.7 Å². The summed E-state index contributed by atoms with van der Waals surface area (Å²) in [6.45, 7) is 4.19. The van der Waals surface area contributed by atoms with E-state index < -0.39 is 21.9 Å². The number of carbonyl (C=O) groups excluding carboxylic acids is 2. The summed E-state index contributed by atoms with van der Waals surface area (Å²) in [5, 5.41) is 3.48. The molecular weight excluding hydrogens is 516 g/mol. The number of nitrogens with zero attached hydrogens (tertiary/aromatic N) is 2. The highest BCUT2D eigenvalue weighted by molar-refractivity contribution is 7.92.